The van der Waals surface area contributed by atoms with Crippen molar-refractivity contribution in [3.05, 3.63) is 72.6 Å². The van der Waals surface area contributed by atoms with Crippen molar-refractivity contribution >= 4 is 33.7 Å². The molecule has 0 bridgehead atoms. The normalized spacial score (nSPS) is 10.9. The van der Waals surface area contributed by atoms with Gasteiger partial charge in [-0.15, -0.1) is 0 Å². The fraction of sp³-hybridized carbons (Fsp3) is 0. The minimum Gasteiger partial charge on any atom is -0.370 e. The summed E-state index contributed by atoms with van der Waals surface area (Å²) in [6.07, 6.45) is 3.52. The first-order valence-corrected chi connectivity index (χ1v) is 7.73. The molecule has 0 radical (unpaired) electrons. The van der Waals surface area contributed by atoms with Crippen LogP contribution in [-0.2, 0) is 0 Å². The number of hydrogen-bond acceptors (Lipinski definition) is 2. The quantitative estimate of drug-likeness (QED) is 0.436. The molecule has 4 aromatic rings. The third-order valence-corrected chi connectivity index (χ3v) is 4.03. The number of para-hydroxylation sites is 2. The van der Waals surface area contributed by atoms with Crippen molar-refractivity contribution in [2.24, 2.45) is 16.5 Å². The van der Waals surface area contributed by atoms with E-state index in [9.17, 15) is 4.79 Å². The standard InChI is InChI=1S/C19H15N5O/c20-19(21)23-18(25)15-11-24(17-8-4-2-6-14(15)17)13-9-12-5-1-3-7-16(12)22-10-13/h1-11H,(H4,20,21,23,25). The first-order chi connectivity index (χ1) is 12.1. The summed E-state index contributed by atoms with van der Waals surface area (Å²) in [6, 6.07) is 17.5. The fourth-order valence-electron chi connectivity index (χ4n) is 2.93. The zero-order chi connectivity index (χ0) is 17.4. The van der Waals surface area contributed by atoms with Crippen LogP contribution in [0.25, 0.3) is 27.5 Å². The molecule has 4 rings (SSSR count). The summed E-state index contributed by atoms with van der Waals surface area (Å²) >= 11 is 0. The average Bonchev–Trinajstić information content (AvgIpc) is 3.00. The predicted molar refractivity (Wildman–Crippen MR) is 98.7 cm³/mol. The van der Waals surface area contributed by atoms with E-state index >= 15 is 0 Å². The Morgan fingerprint density at radius 3 is 2.64 bits per heavy atom. The highest BCUT2D eigenvalue weighted by molar-refractivity contribution is 6.11. The van der Waals surface area contributed by atoms with E-state index in [2.05, 4.69) is 9.98 Å². The molecular formula is C19H15N5O. The van der Waals surface area contributed by atoms with E-state index in [1.807, 2.05) is 59.2 Å². The van der Waals surface area contributed by atoms with E-state index in [4.69, 9.17) is 11.5 Å². The number of aromatic nitrogens is 2. The van der Waals surface area contributed by atoms with Crippen LogP contribution in [0.2, 0.25) is 0 Å². The Morgan fingerprint density at radius 2 is 1.80 bits per heavy atom. The number of rotatable bonds is 2. The van der Waals surface area contributed by atoms with Gasteiger partial charge in [0.15, 0.2) is 5.96 Å². The van der Waals surface area contributed by atoms with Gasteiger partial charge >= 0.3 is 0 Å². The molecule has 6 heteroatoms. The van der Waals surface area contributed by atoms with E-state index in [0.717, 1.165) is 27.5 Å². The molecule has 1 amide bonds. The Labute approximate surface area is 143 Å². The Kier molecular flexibility index (Phi) is 3.43. The van der Waals surface area contributed by atoms with Crippen LogP contribution < -0.4 is 11.5 Å². The third kappa shape index (κ3) is 2.59. The zero-order valence-corrected chi connectivity index (χ0v) is 13.3. The molecular weight excluding hydrogens is 314 g/mol. The fourth-order valence-corrected chi connectivity index (χ4v) is 2.93. The summed E-state index contributed by atoms with van der Waals surface area (Å²) < 4.78 is 1.92. The second kappa shape index (κ2) is 5.76. The molecule has 6 nitrogen and oxygen atoms in total. The van der Waals surface area contributed by atoms with E-state index in [1.54, 1.807) is 12.4 Å². The second-order valence-electron chi connectivity index (χ2n) is 5.66. The van der Waals surface area contributed by atoms with Crippen LogP contribution in [0.15, 0.2) is 72.0 Å². The van der Waals surface area contributed by atoms with E-state index < -0.39 is 5.91 Å². The van der Waals surface area contributed by atoms with Crippen LogP contribution in [0.4, 0.5) is 0 Å². The van der Waals surface area contributed by atoms with Crippen molar-refractivity contribution in [2.75, 3.05) is 0 Å². The summed E-state index contributed by atoms with van der Waals surface area (Å²) in [5.74, 6) is -0.724. The van der Waals surface area contributed by atoms with Crippen LogP contribution >= 0.6 is 0 Å². The predicted octanol–water partition coefficient (Wildman–Crippen LogP) is 2.59. The number of pyridine rings is 1. The molecule has 0 saturated carbocycles. The molecule has 0 aliphatic heterocycles. The minimum atomic E-state index is -0.469. The molecule has 122 valence electrons. The van der Waals surface area contributed by atoms with Gasteiger partial charge in [-0.05, 0) is 18.2 Å². The van der Waals surface area contributed by atoms with E-state index in [0.29, 0.717) is 5.56 Å². The molecule has 0 unspecified atom stereocenters. The second-order valence-corrected chi connectivity index (χ2v) is 5.66. The van der Waals surface area contributed by atoms with Gasteiger partial charge in [0.2, 0.25) is 0 Å². The number of aliphatic imine (C=N–C) groups is 1. The summed E-state index contributed by atoms with van der Waals surface area (Å²) in [5, 5.41) is 1.81. The average molecular weight is 329 g/mol. The lowest BCUT2D eigenvalue weighted by atomic mass is 10.1. The lowest BCUT2D eigenvalue weighted by Gasteiger charge is -2.06. The van der Waals surface area contributed by atoms with Gasteiger partial charge in [0, 0.05) is 17.0 Å². The summed E-state index contributed by atoms with van der Waals surface area (Å²) in [5.41, 5.74) is 13.8. The maximum Gasteiger partial charge on any atom is 0.282 e. The van der Waals surface area contributed by atoms with Gasteiger partial charge in [-0.3, -0.25) is 9.78 Å². The smallest absolute Gasteiger partial charge is 0.282 e. The molecule has 2 aromatic carbocycles. The van der Waals surface area contributed by atoms with Crippen LogP contribution in [0, 0.1) is 0 Å². The summed E-state index contributed by atoms with van der Waals surface area (Å²) in [7, 11) is 0. The first-order valence-electron chi connectivity index (χ1n) is 7.73. The molecule has 25 heavy (non-hydrogen) atoms. The summed E-state index contributed by atoms with van der Waals surface area (Å²) in [6.45, 7) is 0. The van der Waals surface area contributed by atoms with Crippen molar-refractivity contribution < 1.29 is 4.79 Å². The number of benzene rings is 2. The van der Waals surface area contributed by atoms with Gasteiger partial charge in [-0.25, -0.2) is 0 Å². The van der Waals surface area contributed by atoms with Crippen molar-refractivity contribution in [3.8, 4) is 5.69 Å². The maximum absolute atomic E-state index is 12.3. The van der Waals surface area contributed by atoms with Crippen molar-refractivity contribution in [2.45, 2.75) is 0 Å². The molecule has 2 heterocycles. The molecule has 0 saturated heterocycles. The number of carbonyl (C=O) groups excluding carboxylic acids is 1. The molecule has 2 aromatic heterocycles. The van der Waals surface area contributed by atoms with Crippen LogP contribution in [0.5, 0.6) is 0 Å². The van der Waals surface area contributed by atoms with E-state index in [1.165, 1.54) is 0 Å². The van der Waals surface area contributed by atoms with Gasteiger partial charge < -0.3 is 16.0 Å². The van der Waals surface area contributed by atoms with Crippen molar-refractivity contribution in [1.29, 1.82) is 0 Å². The van der Waals surface area contributed by atoms with Gasteiger partial charge in [0.05, 0.1) is 28.5 Å². The Balaban J connectivity index is 1.95. The molecule has 0 aliphatic rings. The number of carbonyl (C=O) groups is 1. The van der Waals surface area contributed by atoms with Crippen LogP contribution in [-0.4, -0.2) is 21.4 Å². The van der Waals surface area contributed by atoms with Crippen molar-refractivity contribution in [1.82, 2.24) is 9.55 Å². The number of hydrogen-bond donors (Lipinski definition) is 2. The Bertz CT molecular complexity index is 1140. The minimum absolute atomic E-state index is 0.255. The topological polar surface area (TPSA) is 99.3 Å². The van der Waals surface area contributed by atoms with E-state index in [-0.39, 0.29) is 5.96 Å². The van der Waals surface area contributed by atoms with Crippen LogP contribution in [0.3, 0.4) is 0 Å². The molecule has 0 aliphatic carbocycles. The highest BCUT2D eigenvalue weighted by Gasteiger charge is 2.15. The maximum atomic E-state index is 12.3. The molecule has 0 atom stereocenters. The zero-order valence-electron chi connectivity index (χ0n) is 13.3. The van der Waals surface area contributed by atoms with Crippen LogP contribution in [0.1, 0.15) is 10.4 Å². The number of guanidine groups is 1. The number of nitrogens with two attached hydrogens (primary N) is 2. The SMILES string of the molecule is NC(N)=NC(=O)c1cn(-c2cnc3ccccc3c2)c2ccccc12. The largest absolute Gasteiger partial charge is 0.370 e. The lowest BCUT2D eigenvalue weighted by Crippen LogP contribution is -2.24. The monoisotopic (exact) mass is 329 g/mol. The molecule has 0 fully saturated rings. The molecule has 4 N–H and O–H groups in total. The first kappa shape index (κ1) is 14.9. The number of nitrogens with zero attached hydrogens (tertiary/aromatic N) is 3. The molecule has 0 spiro atoms. The van der Waals surface area contributed by atoms with Crippen molar-refractivity contribution in [3.63, 3.8) is 0 Å². The van der Waals surface area contributed by atoms with Gasteiger partial charge in [0.1, 0.15) is 0 Å². The third-order valence-electron chi connectivity index (χ3n) is 4.03. The Morgan fingerprint density at radius 1 is 1.04 bits per heavy atom. The van der Waals surface area contributed by atoms with Gasteiger partial charge in [-0.2, -0.15) is 4.99 Å². The van der Waals surface area contributed by atoms with Gasteiger partial charge in [-0.1, -0.05) is 36.4 Å². The number of amides is 1. The van der Waals surface area contributed by atoms with Gasteiger partial charge in [0.25, 0.3) is 5.91 Å². The highest BCUT2D eigenvalue weighted by Crippen LogP contribution is 2.26. The summed E-state index contributed by atoms with van der Waals surface area (Å²) in [4.78, 5) is 20.5. The lowest BCUT2D eigenvalue weighted by molar-refractivity contribution is 0.100. The number of fused-ring (bicyclic) bond motifs is 2. The Hall–Kier alpha value is -3.67. The highest BCUT2D eigenvalue weighted by atomic mass is 16.1.